The fraction of sp³-hybridized carbons (Fsp3) is 0.467. The maximum Gasteiger partial charge on any atom is 0.331 e. The summed E-state index contributed by atoms with van der Waals surface area (Å²) in [6.45, 7) is 9.37. The summed E-state index contributed by atoms with van der Waals surface area (Å²) in [5.41, 5.74) is 3.74. The van der Waals surface area contributed by atoms with Crippen LogP contribution in [0.1, 0.15) is 42.1 Å². The fourth-order valence-corrected chi connectivity index (χ4v) is 2.30. The maximum absolute atomic E-state index is 11.6. The summed E-state index contributed by atoms with van der Waals surface area (Å²) < 4.78 is 0. The van der Waals surface area contributed by atoms with Crippen molar-refractivity contribution in [2.45, 2.75) is 40.7 Å². The number of aryl methyl sites for hydroxylation is 3. The number of likely N-dealkylation sites (N-methyl/N-ethyl adjacent to an activating group) is 1. The Morgan fingerprint density at radius 2 is 1.68 bits per heavy atom. The third-order valence-corrected chi connectivity index (χ3v) is 3.47. The minimum absolute atomic E-state index is 0.229. The summed E-state index contributed by atoms with van der Waals surface area (Å²) in [6.07, 6.45) is 0. The number of nitrogens with zero attached hydrogens (tertiary/aromatic N) is 1. The van der Waals surface area contributed by atoms with E-state index in [1.54, 1.807) is 6.92 Å². The van der Waals surface area contributed by atoms with Gasteiger partial charge in [0.05, 0.1) is 0 Å². The van der Waals surface area contributed by atoms with Gasteiger partial charge >= 0.3 is 5.97 Å². The number of carboxylic acid groups (broad SMARTS) is 1. The van der Waals surface area contributed by atoms with Crippen LogP contribution in [0.4, 0.5) is 0 Å². The van der Waals surface area contributed by atoms with Crippen molar-refractivity contribution >= 4 is 11.9 Å². The molecule has 0 aliphatic rings. The molecule has 1 rings (SSSR count). The normalized spacial score (nSPS) is 12.1. The highest BCUT2D eigenvalue weighted by Gasteiger charge is 2.29. The molecule has 1 aromatic rings. The van der Waals surface area contributed by atoms with E-state index in [-0.39, 0.29) is 5.91 Å². The van der Waals surface area contributed by atoms with Crippen molar-refractivity contribution in [1.29, 1.82) is 0 Å². The zero-order valence-corrected chi connectivity index (χ0v) is 12.2. The third-order valence-electron chi connectivity index (χ3n) is 3.47. The van der Waals surface area contributed by atoms with E-state index in [1.807, 2.05) is 32.9 Å². The predicted molar refractivity (Wildman–Crippen MR) is 74.1 cm³/mol. The van der Waals surface area contributed by atoms with Crippen LogP contribution in [0.2, 0.25) is 0 Å². The monoisotopic (exact) mass is 263 g/mol. The van der Waals surface area contributed by atoms with Crippen molar-refractivity contribution < 1.29 is 14.7 Å². The Morgan fingerprint density at radius 3 is 2.11 bits per heavy atom. The molecule has 104 valence electrons. The summed E-state index contributed by atoms with van der Waals surface area (Å²) in [7, 11) is 0. The molecule has 1 amide bonds. The van der Waals surface area contributed by atoms with Gasteiger partial charge in [0, 0.05) is 13.5 Å². The Bertz CT molecular complexity index is 508. The smallest absolute Gasteiger partial charge is 0.331 e. The second-order valence-electron chi connectivity index (χ2n) is 4.84. The Labute approximate surface area is 114 Å². The molecule has 0 radical (unpaired) electrons. The molecule has 1 atom stereocenters. The van der Waals surface area contributed by atoms with E-state index >= 15 is 0 Å². The number of benzene rings is 1. The lowest BCUT2D eigenvalue weighted by molar-refractivity contribution is -0.149. The van der Waals surface area contributed by atoms with Gasteiger partial charge in [-0.25, -0.2) is 4.79 Å². The molecule has 0 fully saturated rings. The molecule has 0 heterocycles. The summed E-state index contributed by atoms with van der Waals surface area (Å²) in [4.78, 5) is 24.6. The molecule has 4 heteroatoms. The van der Waals surface area contributed by atoms with Crippen LogP contribution < -0.4 is 0 Å². The van der Waals surface area contributed by atoms with Crippen molar-refractivity contribution in [3.63, 3.8) is 0 Å². The number of amides is 1. The fourth-order valence-electron chi connectivity index (χ4n) is 2.30. The van der Waals surface area contributed by atoms with E-state index in [1.165, 1.54) is 11.8 Å². The van der Waals surface area contributed by atoms with E-state index in [0.717, 1.165) is 16.7 Å². The van der Waals surface area contributed by atoms with Gasteiger partial charge in [-0.05, 0) is 49.9 Å². The predicted octanol–water partition coefficient (Wildman–Crippen LogP) is 2.61. The van der Waals surface area contributed by atoms with E-state index in [2.05, 4.69) is 0 Å². The minimum atomic E-state index is -0.997. The van der Waals surface area contributed by atoms with Gasteiger partial charge in [-0.15, -0.1) is 0 Å². The van der Waals surface area contributed by atoms with Crippen molar-refractivity contribution in [1.82, 2.24) is 4.90 Å². The molecule has 1 unspecified atom stereocenters. The molecule has 0 saturated heterocycles. The zero-order chi connectivity index (χ0) is 14.7. The SMILES string of the molecule is CCN(C(C)=O)C(C(=O)O)c1cc(C)c(C)cc1C. The highest BCUT2D eigenvalue weighted by Crippen LogP contribution is 2.27. The van der Waals surface area contributed by atoms with Gasteiger partial charge in [0.15, 0.2) is 6.04 Å². The molecule has 0 saturated carbocycles. The van der Waals surface area contributed by atoms with Crippen molar-refractivity contribution in [2.24, 2.45) is 0 Å². The Hall–Kier alpha value is -1.84. The van der Waals surface area contributed by atoms with Gasteiger partial charge in [-0.3, -0.25) is 4.79 Å². The number of carbonyl (C=O) groups excluding carboxylic acids is 1. The Balaban J connectivity index is 3.39. The number of hydrogen-bond acceptors (Lipinski definition) is 2. The number of rotatable bonds is 4. The molecule has 0 spiro atoms. The Kier molecular flexibility index (Phi) is 4.70. The summed E-state index contributed by atoms with van der Waals surface area (Å²) in [5, 5.41) is 9.47. The van der Waals surface area contributed by atoms with Crippen molar-refractivity contribution in [3.05, 3.63) is 34.4 Å². The quantitative estimate of drug-likeness (QED) is 0.908. The molecule has 0 aliphatic carbocycles. The van der Waals surface area contributed by atoms with Crippen LogP contribution in [0.15, 0.2) is 12.1 Å². The van der Waals surface area contributed by atoms with E-state index in [9.17, 15) is 14.7 Å². The summed E-state index contributed by atoms with van der Waals surface area (Å²) in [5.74, 6) is -1.23. The van der Waals surface area contributed by atoms with Crippen LogP contribution in [-0.4, -0.2) is 28.4 Å². The van der Waals surface area contributed by atoms with Crippen LogP contribution >= 0.6 is 0 Å². The Morgan fingerprint density at radius 1 is 1.16 bits per heavy atom. The zero-order valence-electron chi connectivity index (χ0n) is 12.2. The second kappa shape index (κ2) is 5.87. The summed E-state index contributed by atoms with van der Waals surface area (Å²) in [6, 6.07) is 2.92. The molecule has 0 aliphatic heterocycles. The molecular weight excluding hydrogens is 242 g/mol. The summed E-state index contributed by atoms with van der Waals surface area (Å²) >= 11 is 0. The molecule has 19 heavy (non-hydrogen) atoms. The molecule has 0 bridgehead atoms. The van der Waals surface area contributed by atoms with Crippen LogP contribution in [0, 0.1) is 20.8 Å². The lowest BCUT2D eigenvalue weighted by Crippen LogP contribution is -2.37. The first-order valence-corrected chi connectivity index (χ1v) is 6.37. The van der Waals surface area contributed by atoms with Gasteiger partial charge in [0.25, 0.3) is 0 Å². The van der Waals surface area contributed by atoms with Crippen LogP contribution in [-0.2, 0) is 9.59 Å². The highest BCUT2D eigenvalue weighted by atomic mass is 16.4. The largest absolute Gasteiger partial charge is 0.479 e. The molecule has 1 aromatic carbocycles. The first-order chi connectivity index (χ1) is 8.79. The number of aliphatic carboxylic acids is 1. The topological polar surface area (TPSA) is 57.6 Å². The van der Waals surface area contributed by atoms with E-state index in [4.69, 9.17) is 0 Å². The molecule has 0 aromatic heterocycles. The molecule has 1 N–H and O–H groups in total. The van der Waals surface area contributed by atoms with Crippen LogP contribution in [0.3, 0.4) is 0 Å². The average molecular weight is 263 g/mol. The van der Waals surface area contributed by atoms with Crippen molar-refractivity contribution in [3.8, 4) is 0 Å². The first-order valence-electron chi connectivity index (χ1n) is 6.37. The van der Waals surface area contributed by atoms with Gasteiger partial charge in [0.1, 0.15) is 0 Å². The number of hydrogen-bond donors (Lipinski definition) is 1. The standard InChI is InChI=1S/C15H21NO3/c1-6-16(12(5)17)14(15(18)19)13-8-10(3)9(2)7-11(13)4/h7-8,14H,6H2,1-5H3,(H,18,19). The lowest BCUT2D eigenvalue weighted by atomic mass is 9.95. The van der Waals surface area contributed by atoms with Gasteiger partial charge in [-0.2, -0.15) is 0 Å². The average Bonchev–Trinajstić information content (AvgIpc) is 2.30. The lowest BCUT2D eigenvalue weighted by Gasteiger charge is -2.28. The first kappa shape index (κ1) is 15.2. The van der Waals surface area contributed by atoms with E-state index in [0.29, 0.717) is 12.1 Å². The van der Waals surface area contributed by atoms with Crippen LogP contribution in [0.25, 0.3) is 0 Å². The third kappa shape index (κ3) is 3.13. The van der Waals surface area contributed by atoms with E-state index < -0.39 is 12.0 Å². The minimum Gasteiger partial charge on any atom is -0.479 e. The van der Waals surface area contributed by atoms with Gasteiger partial charge < -0.3 is 10.0 Å². The molecular formula is C15H21NO3. The highest BCUT2D eigenvalue weighted by molar-refractivity contribution is 5.83. The van der Waals surface area contributed by atoms with Crippen molar-refractivity contribution in [2.75, 3.05) is 6.54 Å². The maximum atomic E-state index is 11.6. The van der Waals surface area contributed by atoms with Gasteiger partial charge in [0.2, 0.25) is 5.91 Å². The van der Waals surface area contributed by atoms with Gasteiger partial charge in [-0.1, -0.05) is 12.1 Å². The van der Waals surface area contributed by atoms with Crippen LogP contribution in [0.5, 0.6) is 0 Å². The second-order valence-corrected chi connectivity index (χ2v) is 4.84. The molecule has 4 nitrogen and oxygen atoms in total. The number of carbonyl (C=O) groups is 2. The number of carboxylic acids is 1.